The summed E-state index contributed by atoms with van der Waals surface area (Å²) in [6.45, 7) is 3.04. The van der Waals surface area contributed by atoms with E-state index in [2.05, 4.69) is 14.3 Å². The summed E-state index contributed by atoms with van der Waals surface area (Å²) < 4.78 is 9.61. The normalized spacial score (nSPS) is 17.9. The van der Waals surface area contributed by atoms with Crippen molar-refractivity contribution >= 4 is 22.6 Å². The van der Waals surface area contributed by atoms with Gasteiger partial charge in [-0.25, -0.2) is 4.98 Å². The zero-order valence-corrected chi connectivity index (χ0v) is 14.5. The molecule has 1 aromatic carbocycles. The summed E-state index contributed by atoms with van der Waals surface area (Å²) in [5, 5.41) is 0.994. The molecule has 4 rings (SSSR count). The Balaban J connectivity index is 1.36. The number of aromatic nitrogens is 2. The average molecular weight is 344 g/mol. The third-order valence-electron chi connectivity index (χ3n) is 4.55. The van der Waals surface area contributed by atoms with E-state index in [1.807, 2.05) is 29.2 Å². The Hall–Kier alpha value is -2.15. The van der Waals surface area contributed by atoms with Gasteiger partial charge in [0.15, 0.2) is 0 Å². The van der Waals surface area contributed by atoms with E-state index in [1.165, 1.54) is 24.4 Å². The molecule has 126 valence electrons. The van der Waals surface area contributed by atoms with Crippen LogP contribution in [0.25, 0.3) is 0 Å². The van der Waals surface area contributed by atoms with Crippen LogP contribution in [-0.2, 0) is 0 Å². The maximum Gasteiger partial charge on any atom is 0.253 e. The predicted octanol–water partition coefficient (Wildman–Crippen LogP) is 2.39. The maximum atomic E-state index is 12.6. The monoisotopic (exact) mass is 344 g/mol. The fraction of sp³-hybridized carbons (Fsp3) is 0.471. The molecule has 1 saturated carbocycles. The number of anilines is 1. The van der Waals surface area contributed by atoms with Crippen LogP contribution in [0, 0.1) is 0 Å². The van der Waals surface area contributed by atoms with Gasteiger partial charge in [0, 0.05) is 49.2 Å². The molecule has 24 heavy (non-hydrogen) atoms. The molecule has 0 N–H and O–H groups in total. The SMILES string of the molecule is COc1ccc(C(=O)N2CCN(c3nc(C4CC4)ns3)CC2)cc1. The second kappa shape index (κ2) is 6.39. The van der Waals surface area contributed by atoms with Crippen LogP contribution in [0.3, 0.4) is 0 Å². The molecule has 1 amide bonds. The lowest BCUT2D eigenvalue weighted by Crippen LogP contribution is -2.48. The van der Waals surface area contributed by atoms with Gasteiger partial charge in [0.1, 0.15) is 11.6 Å². The fourth-order valence-electron chi connectivity index (χ4n) is 2.88. The summed E-state index contributed by atoms with van der Waals surface area (Å²) in [5.41, 5.74) is 0.705. The van der Waals surface area contributed by atoms with Crippen molar-refractivity contribution in [3.8, 4) is 5.75 Å². The number of carbonyl (C=O) groups excluding carboxylic acids is 1. The number of hydrogen-bond acceptors (Lipinski definition) is 6. The summed E-state index contributed by atoms with van der Waals surface area (Å²) in [6.07, 6.45) is 2.45. The van der Waals surface area contributed by atoms with E-state index < -0.39 is 0 Å². The Labute approximate surface area is 145 Å². The Morgan fingerprint density at radius 1 is 1.17 bits per heavy atom. The topological polar surface area (TPSA) is 58.6 Å². The molecule has 2 heterocycles. The maximum absolute atomic E-state index is 12.6. The minimum absolute atomic E-state index is 0.0771. The van der Waals surface area contributed by atoms with Crippen molar-refractivity contribution < 1.29 is 9.53 Å². The summed E-state index contributed by atoms with van der Waals surface area (Å²) in [7, 11) is 1.62. The first-order valence-corrected chi connectivity index (χ1v) is 9.04. The van der Waals surface area contributed by atoms with E-state index in [9.17, 15) is 4.79 Å². The number of amides is 1. The van der Waals surface area contributed by atoms with Crippen LogP contribution in [0.2, 0.25) is 0 Å². The molecule has 0 spiro atoms. The van der Waals surface area contributed by atoms with Gasteiger partial charge in [0.05, 0.1) is 7.11 Å². The zero-order chi connectivity index (χ0) is 16.5. The highest BCUT2D eigenvalue weighted by Gasteiger charge is 2.29. The fourth-order valence-corrected chi connectivity index (χ4v) is 3.68. The van der Waals surface area contributed by atoms with E-state index in [1.54, 1.807) is 7.11 Å². The highest BCUT2D eigenvalue weighted by Crippen LogP contribution is 2.39. The van der Waals surface area contributed by atoms with Gasteiger partial charge in [-0.1, -0.05) is 0 Å². The Morgan fingerprint density at radius 2 is 1.88 bits per heavy atom. The van der Waals surface area contributed by atoms with Crippen LogP contribution in [0.1, 0.15) is 34.9 Å². The number of ether oxygens (including phenoxy) is 1. The Kier molecular flexibility index (Phi) is 4.10. The summed E-state index contributed by atoms with van der Waals surface area (Å²) >= 11 is 1.48. The van der Waals surface area contributed by atoms with E-state index in [0.29, 0.717) is 24.6 Å². The molecule has 1 aromatic heterocycles. The molecular formula is C17H20N4O2S. The first kappa shape index (κ1) is 15.4. The number of hydrogen-bond donors (Lipinski definition) is 0. The van der Waals surface area contributed by atoms with Crippen molar-refractivity contribution in [2.45, 2.75) is 18.8 Å². The van der Waals surface area contributed by atoms with Crippen LogP contribution in [-0.4, -0.2) is 53.5 Å². The Bertz CT molecular complexity index is 718. The molecule has 0 bridgehead atoms. The highest BCUT2D eigenvalue weighted by molar-refractivity contribution is 7.09. The van der Waals surface area contributed by atoms with Crippen LogP contribution < -0.4 is 9.64 Å². The molecular weight excluding hydrogens is 324 g/mol. The third kappa shape index (κ3) is 3.08. The second-order valence-corrected chi connectivity index (χ2v) is 6.95. The van der Waals surface area contributed by atoms with Gasteiger partial charge in [-0.2, -0.15) is 4.37 Å². The number of nitrogens with zero attached hydrogens (tertiary/aromatic N) is 4. The largest absolute Gasteiger partial charge is 0.497 e. The van der Waals surface area contributed by atoms with Gasteiger partial charge in [0.25, 0.3) is 5.91 Å². The van der Waals surface area contributed by atoms with Crippen molar-refractivity contribution in [1.82, 2.24) is 14.3 Å². The second-order valence-electron chi connectivity index (χ2n) is 6.22. The van der Waals surface area contributed by atoms with Crippen molar-refractivity contribution in [2.75, 3.05) is 38.2 Å². The molecule has 2 fully saturated rings. The minimum atomic E-state index is 0.0771. The number of piperazine rings is 1. The standard InChI is InChI=1S/C17H20N4O2S/c1-23-14-6-4-13(5-7-14)16(22)20-8-10-21(11-9-20)17-18-15(19-24-17)12-2-3-12/h4-7,12H,2-3,8-11H2,1H3. The highest BCUT2D eigenvalue weighted by atomic mass is 32.1. The lowest BCUT2D eigenvalue weighted by atomic mass is 10.1. The van der Waals surface area contributed by atoms with Gasteiger partial charge in [0.2, 0.25) is 5.13 Å². The van der Waals surface area contributed by atoms with Crippen molar-refractivity contribution in [3.63, 3.8) is 0 Å². The molecule has 0 radical (unpaired) electrons. The number of carbonyl (C=O) groups is 1. The van der Waals surface area contributed by atoms with Crippen LogP contribution >= 0.6 is 11.5 Å². The van der Waals surface area contributed by atoms with Crippen LogP contribution in [0.15, 0.2) is 24.3 Å². The molecule has 0 unspecified atom stereocenters. The van der Waals surface area contributed by atoms with Crippen molar-refractivity contribution in [1.29, 1.82) is 0 Å². The Morgan fingerprint density at radius 3 is 2.50 bits per heavy atom. The quantitative estimate of drug-likeness (QED) is 0.852. The lowest BCUT2D eigenvalue weighted by molar-refractivity contribution is 0.0746. The van der Waals surface area contributed by atoms with Gasteiger partial charge in [-0.05, 0) is 37.1 Å². The molecule has 2 aliphatic rings. The van der Waals surface area contributed by atoms with E-state index in [4.69, 9.17) is 4.74 Å². The first-order valence-electron chi connectivity index (χ1n) is 8.26. The molecule has 1 saturated heterocycles. The van der Waals surface area contributed by atoms with Crippen LogP contribution in [0.4, 0.5) is 5.13 Å². The van der Waals surface area contributed by atoms with Crippen molar-refractivity contribution in [2.24, 2.45) is 0 Å². The molecule has 7 heteroatoms. The number of benzene rings is 1. The van der Waals surface area contributed by atoms with Gasteiger partial charge >= 0.3 is 0 Å². The summed E-state index contributed by atoms with van der Waals surface area (Å²) in [5.74, 6) is 2.44. The average Bonchev–Trinajstić information content (AvgIpc) is 3.38. The van der Waals surface area contributed by atoms with Crippen LogP contribution in [0.5, 0.6) is 5.75 Å². The lowest BCUT2D eigenvalue weighted by Gasteiger charge is -2.34. The summed E-state index contributed by atoms with van der Waals surface area (Å²) in [6, 6.07) is 7.29. The molecule has 2 aromatic rings. The van der Waals surface area contributed by atoms with Gasteiger partial charge in [-0.3, -0.25) is 4.79 Å². The van der Waals surface area contributed by atoms with Crippen molar-refractivity contribution in [3.05, 3.63) is 35.7 Å². The zero-order valence-electron chi connectivity index (χ0n) is 13.6. The summed E-state index contributed by atoms with van der Waals surface area (Å²) in [4.78, 5) is 21.4. The third-order valence-corrected chi connectivity index (χ3v) is 5.34. The molecule has 6 nitrogen and oxygen atoms in total. The van der Waals surface area contributed by atoms with Gasteiger partial charge in [-0.15, -0.1) is 0 Å². The van der Waals surface area contributed by atoms with E-state index >= 15 is 0 Å². The smallest absolute Gasteiger partial charge is 0.253 e. The van der Waals surface area contributed by atoms with E-state index in [-0.39, 0.29) is 5.91 Å². The first-order chi connectivity index (χ1) is 11.7. The molecule has 1 aliphatic heterocycles. The number of rotatable bonds is 4. The number of methoxy groups -OCH3 is 1. The van der Waals surface area contributed by atoms with Gasteiger partial charge < -0.3 is 14.5 Å². The molecule has 0 atom stereocenters. The van der Waals surface area contributed by atoms with E-state index in [0.717, 1.165) is 29.8 Å². The predicted molar refractivity (Wildman–Crippen MR) is 93.0 cm³/mol. The minimum Gasteiger partial charge on any atom is -0.497 e. The molecule has 1 aliphatic carbocycles.